The first kappa shape index (κ1) is 17.6. The van der Waals surface area contributed by atoms with Crippen LogP contribution in [0, 0.1) is 0 Å². The van der Waals surface area contributed by atoms with Crippen LogP contribution in [0.4, 0.5) is 0 Å². The smallest absolute Gasteiger partial charge is 0.252 e. The van der Waals surface area contributed by atoms with Gasteiger partial charge in [-0.25, -0.2) is 0 Å². The summed E-state index contributed by atoms with van der Waals surface area (Å²) < 4.78 is 0. The fraction of sp³-hybridized carbons (Fsp3) is 0.294. The molecule has 4 nitrogen and oxygen atoms in total. The fourth-order valence-electron chi connectivity index (χ4n) is 2.07. The van der Waals surface area contributed by atoms with Crippen LogP contribution in [0.5, 0.6) is 0 Å². The molecule has 1 aromatic carbocycles. The highest BCUT2D eigenvalue weighted by molar-refractivity contribution is 7.98. The Hall–Kier alpha value is -1.79. The zero-order valence-corrected chi connectivity index (χ0v) is 14.8. The summed E-state index contributed by atoms with van der Waals surface area (Å²) >= 11 is 3.16. The molecule has 2 N–H and O–H groups in total. The van der Waals surface area contributed by atoms with Crippen molar-refractivity contribution in [2.75, 3.05) is 12.8 Å². The number of hydrogen-bond donors (Lipinski definition) is 2. The van der Waals surface area contributed by atoms with Gasteiger partial charge in [-0.05, 0) is 42.3 Å². The Labute approximate surface area is 144 Å². The van der Waals surface area contributed by atoms with Gasteiger partial charge in [0.25, 0.3) is 5.91 Å². The molecule has 0 saturated carbocycles. The van der Waals surface area contributed by atoms with Gasteiger partial charge in [0.1, 0.15) is 0 Å². The van der Waals surface area contributed by atoms with E-state index in [1.54, 1.807) is 23.2 Å². The van der Waals surface area contributed by atoms with Crippen molar-refractivity contribution in [1.29, 1.82) is 0 Å². The average molecular weight is 348 g/mol. The maximum Gasteiger partial charge on any atom is 0.252 e. The SMILES string of the molecule is CSc1ccc(C(C)NC(=O)CCNC(=O)c2ccsc2)cc1. The van der Waals surface area contributed by atoms with Crippen molar-refractivity contribution in [3.8, 4) is 0 Å². The zero-order chi connectivity index (χ0) is 16.7. The lowest BCUT2D eigenvalue weighted by Gasteiger charge is -2.15. The van der Waals surface area contributed by atoms with Crippen molar-refractivity contribution in [2.24, 2.45) is 0 Å². The van der Waals surface area contributed by atoms with E-state index in [9.17, 15) is 9.59 Å². The Kier molecular flexibility index (Phi) is 6.67. The van der Waals surface area contributed by atoms with Gasteiger partial charge in [0.15, 0.2) is 0 Å². The van der Waals surface area contributed by atoms with Gasteiger partial charge in [-0.1, -0.05) is 12.1 Å². The number of hydrogen-bond acceptors (Lipinski definition) is 4. The third kappa shape index (κ3) is 5.41. The summed E-state index contributed by atoms with van der Waals surface area (Å²) in [5, 5.41) is 9.34. The van der Waals surface area contributed by atoms with Gasteiger partial charge >= 0.3 is 0 Å². The summed E-state index contributed by atoms with van der Waals surface area (Å²) in [7, 11) is 0. The van der Waals surface area contributed by atoms with E-state index in [-0.39, 0.29) is 24.3 Å². The number of thiophene rings is 1. The second-order valence-electron chi connectivity index (χ2n) is 5.08. The minimum absolute atomic E-state index is 0.0500. The lowest BCUT2D eigenvalue weighted by atomic mass is 10.1. The Bertz CT molecular complexity index is 639. The number of amides is 2. The summed E-state index contributed by atoms with van der Waals surface area (Å²) in [6.45, 7) is 2.29. The molecule has 0 saturated heterocycles. The van der Waals surface area contributed by atoms with Gasteiger partial charge in [-0.2, -0.15) is 11.3 Å². The molecule has 0 radical (unpaired) electrons. The normalized spacial score (nSPS) is 11.7. The summed E-state index contributed by atoms with van der Waals surface area (Å²) in [6.07, 6.45) is 2.30. The minimum Gasteiger partial charge on any atom is -0.351 e. The standard InChI is InChI=1S/C17H20N2O2S2/c1-12(13-3-5-15(22-2)6-4-13)19-16(20)7-9-18-17(21)14-8-10-23-11-14/h3-6,8,10-12H,7,9H2,1-2H3,(H,18,21)(H,19,20). The number of nitrogens with one attached hydrogen (secondary N) is 2. The molecule has 6 heteroatoms. The van der Waals surface area contributed by atoms with Crippen LogP contribution in [0.25, 0.3) is 0 Å². The molecule has 1 heterocycles. The summed E-state index contributed by atoms with van der Waals surface area (Å²) in [4.78, 5) is 24.9. The Morgan fingerprint density at radius 3 is 2.57 bits per heavy atom. The van der Waals surface area contributed by atoms with Gasteiger partial charge in [0.05, 0.1) is 6.04 Å². The van der Waals surface area contributed by atoms with Crippen molar-refractivity contribution in [2.45, 2.75) is 24.3 Å². The molecule has 23 heavy (non-hydrogen) atoms. The topological polar surface area (TPSA) is 58.2 Å². The van der Waals surface area contributed by atoms with Gasteiger partial charge in [-0.15, -0.1) is 11.8 Å². The highest BCUT2D eigenvalue weighted by Gasteiger charge is 2.10. The van der Waals surface area contributed by atoms with E-state index in [2.05, 4.69) is 10.6 Å². The fourth-order valence-corrected chi connectivity index (χ4v) is 3.12. The van der Waals surface area contributed by atoms with E-state index < -0.39 is 0 Å². The molecule has 1 atom stereocenters. The van der Waals surface area contributed by atoms with Gasteiger partial charge < -0.3 is 10.6 Å². The molecule has 1 unspecified atom stereocenters. The molecular weight excluding hydrogens is 328 g/mol. The molecule has 0 aliphatic rings. The van der Waals surface area contributed by atoms with Crippen LogP contribution in [-0.2, 0) is 4.79 Å². The molecule has 0 aliphatic heterocycles. The lowest BCUT2D eigenvalue weighted by molar-refractivity contribution is -0.121. The predicted molar refractivity (Wildman–Crippen MR) is 96.0 cm³/mol. The summed E-state index contributed by atoms with van der Waals surface area (Å²) in [5.41, 5.74) is 1.70. The van der Waals surface area contributed by atoms with E-state index in [1.807, 2.05) is 42.8 Å². The van der Waals surface area contributed by atoms with Gasteiger partial charge in [-0.3, -0.25) is 9.59 Å². The zero-order valence-electron chi connectivity index (χ0n) is 13.2. The highest BCUT2D eigenvalue weighted by atomic mass is 32.2. The molecule has 2 amide bonds. The molecular formula is C17H20N2O2S2. The number of thioether (sulfide) groups is 1. The van der Waals surface area contributed by atoms with Crippen molar-refractivity contribution < 1.29 is 9.59 Å². The number of benzene rings is 1. The van der Waals surface area contributed by atoms with Crippen molar-refractivity contribution in [3.05, 3.63) is 52.2 Å². The second-order valence-corrected chi connectivity index (χ2v) is 6.74. The van der Waals surface area contributed by atoms with E-state index in [4.69, 9.17) is 0 Å². The average Bonchev–Trinajstić information content (AvgIpc) is 3.09. The minimum atomic E-state index is -0.139. The van der Waals surface area contributed by atoms with Gasteiger partial charge in [0, 0.05) is 28.8 Å². The molecule has 2 rings (SSSR count). The number of carbonyl (C=O) groups excluding carboxylic acids is 2. The van der Waals surface area contributed by atoms with Crippen LogP contribution in [0.3, 0.4) is 0 Å². The van der Waals surface area contributed by atoms with E-state index in [0.717, 1.165) is 5.56 Å². The van der Waals surface area contributed by atoms with E-state index in [0.29, 0.717) is 12.1 Å². The van der Waals surface area contributed by atoms with Crippen molar-refractivity contribution in [1.82, 2.24) is 10.6 Å². The number of carbonyl (C=O) groups is 2. The van der Waals surface area contributed by atoms with E-state index >= 15 is 0 Å². The first-order chi connectivity index (χ1) is 11.1. The maximum atomic E-state index is 12.0. The maximum absolute atomic E-state index is 12.0. The molecule has 0 spiro atoms. The molecule has 2 aromatic rings. The van der Waals surface area contributed by atoms with Crippen LogP contribution in [0.15, 0.2) is 46.0 Å². The van der Waals surface area contributed by atoms with Crippen LogP contribution in [-0.4, -0.2) is 24.6 Å². The first-order valence-electron chi connectivity index (χ1n) is 7.34. The molecule has 0 aliphatic carbocycles. The molecule has 122 valence electrons. The van der Waals surface area contributed by atoms with Crippen LogP contribution >= 0.6 is 23.1 Å². The van der Waals surface area contributed by atoms with Gasteiger partial charge in [0.2, 0.25) is 5.91 Å². The largest absolute Gasteiger partial charge is 0.351 e. The third-order valence-corrected chi connectivity index (χ3v) is 4.84. The second kappa shape index (κ2) is 8.74. The Balaban J connectivity index is 1.74. The van der Waals surface area contributed by atoms with Crippen molar-refractivity contribution >= 4 is 34.9 Å². The van der Waals surface area contributed by atoms with Crippen molar-refractivity contribution in [3.63, 3.8) is 0 Å². The first-order valence-corrected chi connectivity index (χ1v) is 9.50. The quantitative estimate of drug-likeness (QED) is 0.753. The summed E-state index contributed by atoms with van der Waals surface area (Å²) in [5.74, 6) is -0.211. The monoisotopic (exact) mass is 348 g/mol. The Morgan fingerprint density at radius 1 is 1.22 bits per heavy atom. The lowest BCUT2D eigenvalue weighted by Crippen LogP contribution is -2.31. The Morgan fingerprint density at radius 2 is 1.96 bits per heavy atom. The molecule has 0 fully saturated rings. The third-order valence-electron chi connectivity index (χ3n) is 3.41. The molecule has 0 bridgehead atoms. The highest BCUT2D eigenvalue weighted by Crippen LogP contribution is 2.18. The summed E-state index contributed by atoms with van der Waals surface area (Å²) in [6, 6.07) is 9.85. The van der Waals surface area contributed by atoms with Crippen LogP contribution in [0.1, 0.15) is 35.3 Å². The number of rotatable bonds is 7. The van der Waals surface area contributed by atoms with Crippen LogP contribution in [0.2, 0.25) is 0 Å². The molecule has 1 aromatic heterocycles. The predicted octanol–water partition coefficient (Wildman–Crippen LogP) is 3.47. The van der Waals surface area contributed by atoms with Crippen LogP contribution < -0.4 is 10.6 Å². The van der Waals surface area contributed by atoms with E-state index in [1.165, 1.54) is 16.2 Å².